The lowest BCUT2D eigenvalue weighted by Gasteiger charge is -2.26. The first-order chi connectivity index (χ1) is 7.75. The summed E-state index contributed by atoms with van der Waals surface area (Å²) in [5.41, 5.74) is 2.08. The van der Waals surface area contributed by atoms with E-state index in [1.54, 1.807) is 0 Å². The van der Waals surface area contributed by atoms with Crippen molar-refractivity contribution in [1.82, 2.24) is 4.98 Å². The van der Waals surface area contributed by atoms with Crippen LogP contribution in [0.3, 0.4) is 0 Å². The molecule has 2 heterocycles. The largest absolute Gasteiger partial charge is 0.390 e. The van der Waals surface area contributed by atoms with Crippen LogP contribution in [0.5, 0.6) is 0 Å². The van der Waals surface area contributed by atoms with Gasteiger partial charge in [-0.05, 0) is 37.8 Å². The average molecular weight is 221 g/mol. The van der Waals surface area contributed by atoms with E-state index in [0.717, 1.165) is 37.1 Å². The van der Waals surface area contributed by atoms with Crippen LogP contribution in [0.15, 0.2) is 18.3 Å². The van der Waals surface area contributed by atoms with Crippen molar-refractivity contribution >= 4 is 0 Å². The number of aromatic nitrogens is 1. The van der Waals surface area contributed by atoms with E-state index in [0.29, 0.717) is 6.42 Å². The Balaban J connectivity index is 1.90. The van der Waals surface area contributed by atoms with Crippen LogP contribution in [-0.4, -0.2) is 28.9 Å². The van der Waals surface area contributed by atoms with Crippen LogP contribution in [0.4, 0.5) is 0 Å². The quantitative estimate of drug-likeness (QED) is 0.847. The maximum absolute atomic E-state index is 10.0. The van der Waals surface area contributed by atoms with Crippen LogP contribution in [0.25, 0.3) is 0 Å². The van der Waals surface area contributed by atoms with Gasteiger partial charge in [0.2, 0.25) is 0 Å². The van der Waals surface area contributed by atoms with E-state index < -0.39 is 6.10 Å². The maximum atomic E-state index is 10.0. The first kappa shape index (κ1) is 11.6. The summed E-state index contributed by atoms with van der Waals surface area (Å²) in [4.78, 5) is 4.30. The highest BCUT2D eigenvalue weighted by molar-refractivity contribution is 5.13. The number of aryl methyl sites for hydroxylation is 1. The van der Waals surface area contributed by atoms with Crippen LogP contribution in [0, 0.1) is 6.92 Å². The second-order valence-electron chi connectivity index (χ2n) is 4.50. The molecule has 0 radical (unpaired) electrons. The van der Waals surface area contributed by atoms with Crippen LogP contribution in [0.2, 0.25) is 0 Å². The van der Waals surface area contributed by atoms with E-state index in [1.165, 1.54) is 0 Å². The second-order valence-corrected chi connectivity index (χ2v) is 4.50. The topological polar surface area (TPSA) is 42.4 Å². The SMILES string of the molecule is Cc1ccc(CC(O)C2CCCCO2)nc1. The number of aliphatic hydroxyl groups excluding tert-OH is 1. The van der Waals surface area contributed by atoms with Gasteiger partial charge in [-0.1, -0.05) is 6.07 Å². The monoisotopic (exact) mass is 221 g/mol. The molecule has 1 aliphatic rings. The normalized spacial score (nSPS) is 23.0. The lowest BCUT2D eigenvalue weighted by atomic mass is 10.0. The molecule has 0 saturated carbocycles. The van der Waals surface area contributed by atoms with Gasteiger partial charge in [0.25, 0.3) is 0 Å². The molecule has 0 spiro atoms. The van der Waals surface area contributed by atoms with Gasteiger partial charge in [-0.25, -0.2) is 0 Å². The fraction of sp³-hybridized carbons (Fsp3) is 0.615. The zero-order valence-corrected chi connectivity index (χ0v) is 9.72. The van der Waals surface area contributed by atoms with E-state index in [1.807, 2.05) is 25.3 Å². The lowest BCUT2D eigenvalue weighted by molar-refractivity contribution is -0.0614. The van der Waals surface area contributed by atoms with E-state index in [4.69, 9.17) is 4.74 Å². The van der Waals surface area contributed by atoms with Crippen molar-refractivity contribution in [3.63, 3.8) is 0 Å². The Morgan fingerprint density at radius 1 is 1.50 bits per heavy atom. The minimum Gasteiger partial charge on any atom is -0.390 e. The van der Waals surface area contributed by atoms with Crippen molar-refractivity contribution in [3.05, 3.63) is 29.6 Å². The number of ether oxygens (including phenoxy) is 1. The van der Waals surface area contributed by atoms with Gasteiger partial charge in [-0.3, -0.25) is 4.98 Å². The highest BCUT2D eigenvalue weighted by atomic mass is 16.5. The van der Waals surface area contributed by atoms with Crippen LogP contribution in [-0.2, 0) is 11.2 Å². The molecule has 2 rings (SSSR count). The summed E-state index contributed by atoms with van der Waals surface area (Å²) in [5.74, 6) is 0. The highest BCUT2D eigenvalue weighted by Crippen LogP contribution is 2.18. The fourth-order valence-electron chi connectivity index (χ4n) is 2.03. The van der Waals surface area contributed by atoms with Crippen LogP contribution in [0.1, 0.15) is 30.5 Å². The zero-order valence-electron chi connectivity index (χ0n) is 9.72. The third kappa shape index (κ3) is 3.03. The van der Waals surface area contributed by atoms with Gasteiger partial charge in [-0.15, -0.1) is 0 Å². The third-order valence-corrected chi connectivity index (χ3v) is 3.03. The fourth-order valence-corrected chi connectivity index (χ4v) is 2.03. The summed E-state index contributed by atoms with van der Waals surface area (Å²) in [5, 5.41) is 10.0. The van der Waals surface area contributed by atoms with Crippen molar-refractivity contribution in [3.8, 4) is 0 Å². The van der Waals surface area contributed by atoms with Crippen molar-refractivity contribution in [2.24, 2.45) is 0 Å². The number of aliphatic hydroxyl groups is 1. The van der Waals surface area contributed by atoms with Gasteiger partial charge >= 0.3 is 0 Å². The van der Waals surface area contributed by atoms with E-state index >= 15 is 0 Å². The molecule has 1 N–H and O–H groups in total. The molecule has 3 heteroatoms. The molecule has 0 amide bonds. The van der Waals surface area contributed by atoms with E-state index in [9.17, 15) is 5.11 Å². The van der Waals surface area contributed by atoms with Gasteiger partial charge in [0.1, 0.15) is 0 Å². The molecule has 1 aromatic heterocycles. The average Bonchev–Trinajstić information content (AvgIpc) is 2.33. The minimum absolute atomic E-state index is 0.00291. The van der Waals surface area contributed by atoms with Crippen LogP contribution >= 0.6 is 0 Å². The molecule has 2 atom stereocenters. The molecule has 2 unspecified atom stereocenters. The van der Waals surface area contributed by atoms with Crippen molar-refractivity contribution in [1.29, 1.82) is 0 Å². The van der Waals surface area contributed by atoms with Crippen molar-refractivity contribution in [2.45, 2.75) is 44.8 Å². The molecule has 1 saturated heterocycles. The Hall–Kier alpha value is -0.930. The molecule has 88 valence electrons. The molecular weight excluding hydrogens is 202 g/mol. The van der Waals surface area contributed by atoms with Gasteiger partial charge in [0.05, 0.1) is 12.2 Å². The summed E-state index contributed by atoms with van der Waals surface area (Å²) in [6.07, 6.45) is 5.24. The Morgan fingerprint density at radius 2 is 2.38 bits per heavy atom. The summed E-state index contributed by atoms with van der Waals surface area (Å²) >= 11 is 0. The molecule has 0 aliphatic carbocycles. The second kappa shape index (κ2) is 5.41. The summed E-state index contributed by atoms with van der Waals surface area (Å²) in [7, 11) is 0. The highest BCUT2D eigenvalue weighted by Gasteiger charge is 2.22. The van der Waals surface area contributed by atoms with Gasteiger partial charge in [-0.2, -0.15) is 0 Å². The molecule has 1 fully saturated rings. The van der Waals surface area contributed by atoms with E-state index in [2.05, 4.69) is 4.98 Å². The Labute approximate surface area is 96.5 Å². The summed E-state index contributed by atoms with van der Waals surface area (Å²) < 4.78 is 5.56. The number of rotatable bonds is 3. The maximum Gasteiger partial charge on any atom is 0.0857 e. The lowest BCUT2D eigenvalue weighted by Crippen LogP contribution is -2.33. The van der Waals surface area contributed by atoms with Gasteiger partial charge < -0.3 is 9.84 Å². The number of pyridine rings is 1. The smallest absolute Gasteiger partial charge is 0.0857 e. The Morgan fingerprint density at radius 3 is 3.00 bits per heavy atom. The summed E-state index contributed by atoms with van der Waals surface area (Å²) in [6.45, 7) is 2.79. The molecule has 0 bridgehead atoms. The standard InChI is InChI=1S/C13H19NO2/c1-10-5-6-11(14-9-10)8-12(15)13-4-2-3-7-16-13/h5-6,9,12-13,15H,2-4,7-8H2,1H3. The van der Waals surface area contributed by atoms with Gasteiger partial charge in [0, 0.05) is 24.9 Å². The zero-order chi connectivity index (χ0) is 11.4. The minimum atomic E-state index is -0.421. The molecule has 1 aromatic rings. The van der Waals surface area contributed by atoms with Gasteiger partial charge in [0.15, 0.2) is 0 Å². The third-order valence-electron chi connectivity index (χ3n) is 3.03. The molecule has 16 heavy (non-hydrogen) atoms. The predicted octanol–water partition coefficient (Wildman–Crippen LogP) is 1.86. The van der Waals surface area contributed by atoms with Crippen LogP contribution < -0.4 is 0 Å². The van der Waals surface area contributed by atoms with Crippen molar-refractivity contribution < 1.29 is 9.84 Å². The molecule has 0 aromatic carbocycles. The number of hydrogen-bond acceptors (Lipinski definition) is 3. The molecule has 3 nitrogen and oxygen atoms in total. The first-order valence-corrected chi connectivity index (χ1v) is 5.97. The predicted molar refractivity (Wildman–Crippen MR) is 62.3 cm³/mol. The number of nitrogens with zero attached hydrogens (tertiary/aromatic N) is 1. The Kier molecular flexibility index (Phi) is 3.91. The Bertz CT molecular complexity index is 317. The van der Waals surface area contributed by atoms with E-state index in [-0.39, 0.29) is 6.10 Å². The molecular formula is C13H19NO2. The molecule has 1 aliphatic heterocycles. The van der Waals surface area contributed by atoms with Crippen molar-refractivity contribution in [2.75, 3.05) is 6.61 Å². The number of hydrogen-bond donors (Lipinski definition) is 1. The summed E-state index contributed by atoms with van der Waals surface area (Å²) in [6, 6.07) is 4.00. The first-order valence-electron chi connectivity index (χ1n) is 5.97.